The van der Waals surface area contributed by atoms with Gasteiger partial charge in [-0.25, -0.2) is 4.79 Å². The summed E-state index contributed by atoms with van der Waals surface area (Å²) in [6.07, 6.45) is 3.69. The van der Waals surface area contributed by atoms with Gasteiger partial charge in [0.2, 0.25) is 0 Å². The second-order valence-electron chi connectivity index (χ2n) is 5.14. The average Bonchev–Trinajstić information content (AvgIpc) is 3.25. The summed E-state index contributed by atoms with van der Waals surface area (Å²) in [4.78, 5) is 23.4. The standard InChI is InChI=1S/C16H19NO4/c1-2-3-9-13(14(18)19)17-15(20)16(10-11-16)21-12-7-5-4-6-8-12/h2,4-8,13H,1,3,9-11H2,(H,17,20)(H,18,19). The second kappa shape index (κ2) is 6.43. The first-order valence-corrected chi connectivity index (χ1v) is 6.96. The van der Waals surface area contributed by atoms with Crippen LogP contribution in [0.25, 0.3) is 0 Å². The summed E-state index contributed by atoms with van der Waals surface area (Å²) in [5.41, 5.74) is -0.913. The Morgan fingerprint density at radius 3 is 2.57 bits per heavy atom. The molecule has 112 valence electrons. The summed E-state index contributed by atoms with van der Waals surface area (Å²) in [5.74, 6) is -0.786. The van der Waals surface area contributed by atoms with Crippen molar-refractivity contribution in [1.82, 2.24) is 5.32 Å². The van der Waals surface area contributed by atoms with E-state index in [1.807, 2.05) is 18.2 Å². The molecule has 0 bridgehead atoms. The minimum absolute atomic E-state index is 0.325. The van der Waals surface area contributed by atoms with Crippen LogP contribution in [0.2, 0.25) is 0 Å². The van der Waals surface area contributed by atoms with E-state index >= 15 is 0 Å². The molecule has 0 saturated heterocycles. The molecule has 0 heterocycles. The maximum Gasteiger partial charge on any atom is 0.326 e. The Labute approximate surface area is 123 Å². The van der Waals surface area contributed by atoms with Gasteiger partial charge in [-0.1, -0.05) is 24.3 Å². The van der Waals surface area contributed by atoms with Crippen LogP contribution in [-0.4, -0.2) is 28.6 Å². The molecule has 2 N–H and O–H groups in total. The van der Waals surface area contributed by atoms with Crippen molar-refractivity contribution in [3.63, 3.8) is 0 Å². The quantitative estimate of drug-likeness (QED) is 0.719. The van der Waals surface area contributed by atoms with Crippen molar-refractivity contribution in [3.05, 3.63) is 43.0 Å². The molecule has 1 aromatic rings. The summed E-state index contributed by atoms with van der Waals surface area (Å²) in [6, 6.07) is 8.16. The zero-order valence-electron chi connectivity index (χ0n) is 11.7. The van der Waals surface area contributed by atoms with Crippen molar-refractivity contribution in [2.24, 2.45) is 0 Å². The summed E-state index contributed by atoms with van der Waals surface area (Å²) in [6.45, 7) is 3.56. The van der Waals surface area contributed by atoms with Gasteiger partial charge in [0.15, 0.2) is 5.60 Å². The van der Waals surface area contributed by atoms with Gasteiger partial charge in [0.25, 0.3) is 5.91 Å². The van der Waals surface area contributed by atoms with E-state index in [9.17, 15) is 9.59 Å². The third-order valence-corrected chi connectivity index (χ3v) is 3.44. The van der Waals surface area contributed by atoms with Gasteiger partial charge < -0.3 is 15.2 Å². The van der Waals surface area contributed by atoms with Crippen molar-refractivity contribution in [1.29, 1.82) is 0 Å². The molecule has 5 nitrogen and oxygen atoms in total. The highest BCUT2D eigenvalue weighted by atomic mass is 16.5. The number of carboxylic acids is 1. The van der Waals surface area contributed by atoms with Crippen molar-refractivity contribution < 1.29 is 19.4 Å². The first kappa shape index (κ1) is 15.1. The van der Waals surface area contributed by atoms with E-state index in [0.29, 0.717) is 31.4 Å². The van der Waals surface area contributed by atoms with Gasteiger partial charge in [-0.3, -0.25) is 4.79 Å². The summed E-state index contributed by atoms with van der Waals surface area (Å²) in [7, 11) is 0. The van der Waals surface area contributed by atoms with Crippen LogP contribution in [0.15, 0.2) is 43.0 Å². The van der Waals surface area contributed by atoms with Crippen molar-refractivity contribution >= 4 is 11.9 Å². The minimum atomic E-state index is -1.04. The maximum absolute atomic E-state index is 12.3. The number of hydrogen-bond donors (Lipinski definition) is 2. The number of carboxylic acid groups (broad SMARTS) is 1. The smallest absolute Gasteiger partial charge is 0.326 e. The van der Waals surface area contributed by atoms with Crippen molar-refractivity contribution in [2.75, 3.05) is 0 Å². The van der Waals surface area contributed by atoms with E-state index in [2.05, 4.69) is 11.9 Å². The van der Waals surface area contributed by atoms with Gasteiger partial charge in [-0.05, 0) is 25.0 Å². The monoisotopic (exact) mass is 289 g/mol. The average molecular weight is 289 g/mol. The Kier molecular flexibility index (Phi) is 4.62. The highest BCUT2D eigenvalue weighted by molar-refractivity contribution is 5.91. The Balaban J connectivity index is 1.98. The molecule has 1 aliphatic carbocycles. The molecule has 2 rings (SSSR count). The Morgan fingerprint density at radius 1 is 1.38 bits per heavy atom. The first-order valence-electron chi connectivity index (χ1n) is 6.96. The van der Waals surface area contributed by atoms with Crippen LogP contribution in [0.3, 0.4) is 0 Å². The zero-order valence-corrected chi connectivity index (χ0v) is 11.7. The molecule has 21 heavy (non-hydrogen) atoms. The number of hydrogen-bond acceptors (Lipinski definition) is 3. The van der Waals surface area contributed by atoms with Gasteiger partial charge in [0, 0.05) is 12.8 Å². The van der Waals surface area contributed by atoms with E-state index in [0.717, 1.165) is 0 Å². The second-order valence-corrected chi connectivity index (χ2v) is 5.14. The van der Waals surface area contributed by atoms with Crippen LogP contribution in [0.4, 0.5) is 0 Å². The van der Waals surface area contributed by atoms with Crippen molar-refractivity contribution in [3.8, 4) is 5.75 Å². The largest absolute Gasteiger partial charge is 0.480 e. The van der Waals surface area contributed by atoms with E-state index in [-0.39, 0.29) is 5.91 Å². The van der Waals surface area contributed by atoms with Gasteiger partial charge in [-0.2, -0.15) is 0 Å². The molecule has 0 spiro atoms. The number of allylic oxidation sites excluding steroid dienone is 1. The van der Waals surface area contributed by atoms with Crippen molar-refractivity contribution in [2.45, 2.75) is 37.3 Å². The first-order chi connectivity index (χ1) is 10.1. The number of para-hydroxylation sites is 1. The number of ether oxygens (including phenoxy) is 1. The topological polar surface area (TPSA) is 75.6 Å². The number of carbonyl (C=O) groups excluding carboxylic acids is 1. The van der Waals surface area contributed by atoms with Crippen LogP contribution in [-0.2, 0) is 9.59 Å². The fraction of sp³-hybridized carbons (Fsp3) is 0.375. The van der Waals surface area contributed by atoms with Crippen LogP contribution in [0.1, 0.15) is 25.7 Å². The maximum atomic E-state index is 12.3. The molecule has 1 aromatic carbocycles. The molecule has 1 unspecified atom stereocenters. The molecular weight excluding hydrogens is 270 g/mol. The molecule has 1 amide bonds. The number of amides is 1. The minimum Gasteiger partial charge on any atom is -0.480 e. The van der Waals surface area contributed by atoms with E-state index in [1.54, 1.807) is 18.2 Å². The van der Waals surface area contributed by atoms with E-state index in [1.165, 1.54) is 0 Å². The van der Waals surface area contributed by atoms with Gasteiger partial charge in [0.05, 0.1) is 0 Å². The fourth-order valence-electron chi connectivity index (χ4n) is 2.03. The number of carbonyl (C=O) groups is 2. The van der Waals surface area contributed by atoms with Crippen LogP contribution in [0.5, 0.6) is 5.75 Å². The lowest BCUT2D eigenvalue weighted by atomic mass is 10.1. The Hall–Kier alpha value is -2.30. The highest BCUT2D eigenvalue weighted by Gasteiger charge is 2.53. The third-order valence-electron chi connectivity index (χ3n) is 3.44. The van der Waals surface area contributed by atoms with Gasteiger partial charge >= 0.3 is 5.97 Å². The fourth-order valence-corrected chi connectivity index (χ4v) is 2.03. The number of rotatable bonds is 8. The normalized spacial score (nSPS) is 16.6. The predicted molar refractivity (Wildman–Crippen MR) is 78.0 cm³/mol. The Morgan fingerprint density at radius 2 is 2.05 bits per heavy atom. The lowest BCUT2D eigenvalue weighted by Crippen LogP contribution is -2.48. The van der Waals surface area contributed by atoms with Gasteiger partial charge in [-0.15, -0.1) is 6.58 Å². The molecule has 1 aliphatic rings. The molecule has 0 radical (unpaired) electrons. The Bertz CT molecular complexity index is 522. The summed E-state index contributed by atoms with van der Waals surface area (Å²) in [5, 5.41) is 11.7. The molecule has 1 saturated carbocycles. The molecule has 0 aromatic heterocycles. The van der Waals surface area contributed by atoms with Gasteiger partial charge in [0.1, 0.15) is 11.8 Å². The summed E-state index contributed by atoms with van der Waals surface area (Å²) < 4.78 is 5.73. The lowest BCUT2D eigenvalue weighted by Gasteiger charge is -2.20. The lowest BCUT2D eigenvalue weighted by molar-refractivity contribution is -0.143. The van der Waals surface area contributed by atoms with Crippen LogP contribution >= 0.6 is 0 Å². The predicted octanol–water partition coefficient (Wildman–Crippen LogP) is 2.13. The molecule has 1 fully saturated rings. The molecule has 0 aliphatic heterocycles. The number of aliphatic carboxylic acids is 1. The van der Waals surface area contributed by atoms with Crippen LogP contribution in [0, 0.1) is 0 Å². The van der Waals surface area contributed by atoms with E-state index in [4.69, 9.17) is 9.84 Å². The summed E-state index contributed by atoms with van der Waals surface area (Å²) >= 11 is 0. The SMILES string of the molecule is C=CCCC(NC(=O)C1(Oc2ccccc2)CC1)C(=O)O. The molecule has 1 atom stereocenters. The molecular formula is C16H19NO4. The number of nitrogens with one attached hydrogen (secondary N) is 1. The highest BCUT2D eigenvalue weighted by Crippen LogP contribution is 2.40. The molecule has 5 heteroatoms. The number of benzene rings is 1. The zero-order chi connectivity index (χ0) is 15.3. The van der Waals surface area contributed by atoms with Crippen LogP contribution < -0.4 is 10.1 Å². The van der Waals surface area contributed by atoms with E-state index < -0.39 is 17.6 Å². The third kappa shape index (κ3) is 3.84.